The Morgan fingerprint density at radius 2 is 2.20 bits per heavy atom. The van der Waals surface area contributed by atoms with Crippen LogP contribution in [0.1, 0.15) is 25.8 Å². The molecule has 1 aromatic carbocycles. The highest BCUT2D eigenvalue weighted by atomic mass is 79.9. The molecule has 0 radical (unpaired) electrons. The van der Waals surface area contributed by atoms with Gasteiger partial charge in [0.25, 0.3) is 0 Å². The maximum Gasteiger partial charge on any atom is 0.0461 e. The average Bonchev–Trinajstić information content (AvgIpc) is 2.24. The third-order valence-electron chi connectivity index (χ3n) is 2.47. The van der Waals surface area contributed by atoms with Gasteiger partial charge in [-0.15, -0.1) is 0 Å². The molecule has 0 heterocycles. The minimum absolute atomic E-state index is 0.801. The Labute approximate surface area is 105 Å². The number of anilines is 1. The van der Waals surface area contributed by atoms with Gasteiger partial charge in [-0.25, -0.2) is 0 Å². The molecule has 2 N–H and O–H groups in total. The van der Waals surface area contributed by atoms with E-state index in [1.165, 1.54) is 17.7 Å². The first kappa shape index (κ1) is 12.9. The van der Waals surface area contributed by atoms with Crippen molar-refractivity contribution < 1.29 is 0 Å². The molecule has 1 aromatic rings. The van der Waals surface area contributed by atoms with Crippen molar-refractivity contribution in [1.82, 2.24) is 0 Å². The predicted octanol–water partition coefficient (Wildman–Crippen LogP) is 4.31. The molecule has 1 atom stereocenters. The quantitative estimate of drug-likeness (QED) is 0.817. The molecule has 1 rings (SSSR count). The fourth-order valence-electron chi connectivity index (χ4n) is 1.20. The lowest BCUT2D eigenvalue weighted by atomic mass is 10.2. The lowest BCUT2D eigenvalue weighted by molar-refractivity contribution is 0.637. The molecule has 1 unspecified atom stereocenters. The second kappa shape index (κ2) is 6.44. The van der Waals surface area contributed by atoms with Gasteiger partial charge in [-0.3, -0.25) is 0 Å². The monoisotopic (exact) mass is 287 g/mol. The third kappa shape index (κ3) is 4.07. The normalized spacial score (nSPS) is 12.7. The Morgan fingerprint density at radius 3 is 2.87 bits per heavy atom. The summed E-state index contributed by atoms with van der Waals surface area (Å²) in [5.74, 6) is 3.06. The van der Waals surface area contributed by atoms with E-state index < -0.39 is 0 Å². The SMILES string of the molecule is CCC(C)CSCc1cccc(N)c1Br. The first-order valence-electron chi connectivity index (χ1n) is 5.25. The molecule has 0 aliphatic heterocycles. The van der Waals surface area contributed by atoms with Gasteiger partial charge >= 0.3 is 0 Å². The number of nitrogen functional groups attached to an aromatic ring is 1. The summed E-state index contributed by atoms with van der Waals surface area (Å²) in [6.45, 7) is 4.53. The molecule has 0 saturated carbocycles. The van der Waals surface area contributed by atoms with Crippen molar-refractivity contribution in [3.63, 3.8) is 0 Å². The van der Waals surface area contributed by atoms with Gasteiger partial charge < -0.3 is 5.73 Å². The van der Waals surface area contributed by atoms with Gasteiger partial charge in [0.2, 0.25) is 0 Å². The summed E-state index contributed by atoms with van der Waals surface area (Å²) in [5.41, 5.74) is 7.95. The molecule has 0 saturated heterocycles. The summed E-state index contributed by atoms with van der Waals surface area (Å²) in [7, 11) is 0. The lowest BCUT2D eigenvalue weighted by Gasteiger charge is -2.09. The van der Waals surface area contributed by atoms with Crippen LogP contribution in [0.15, 0.2) is 22.7 Å². The summed E-state index contributed by atoms with van der Waals surface area (Å²) >= 11 is 5.50. The lowest BCUT2D eigenvalue weighted by Crippen LogP contribution is -1.97. The molecule has 0 aliphatic carbocycles. The highest BCUT2D eigenvalue weighted by molar-refractivity contribution is 9.10. The third-order valence-corrected chi connectivity index (χ3v) is 4.75. The van der Waals surface area contributed by atoms with Crippen molar-refractivity contribution in [3.05, 3.63) is 28.2 Å². The summed E-state index contributed by atoms with van der Waals surface area (Å²) < 4.78 is 1.06. The van der Waals surface area contributed by atoms with Crippen LogP contribution in [0.4, 0.5) is 5.69 Å². The maximum atomic E-state index is 5.82. The maximum absolute atomic E-state index is 5.82. The molecule has 15 heavy (non-hydrogen) atoms. The van der Waals surface area contributed by atoms with Crippen LogP contribution in [0.5, 0.6) is 0 Å². The molecular weight excluding hydrogens is 270 g/mol. The van der Waals surface area contributed by atoms with Gasteiger partial charge in [0.15, 0.2) is 0 Å². The van der Waals surface area contributed by atoms with Crippen LogP contribution in [0.3, 0.4) is 0 Å². The van der Waals surface area contributed by atoms with E-state index in [0.717, 1.165) is 21.8 Å². The average molecular weight is 288 g/mol. The molecule has 1 nitrogen and oxygen atoms in total. The van der Waals surface area contributed by atoms with Crippen LogP contribution in [0, 0.1) is 5.92 Å². The Hall–Kier alpha value is -0.150. The second-order valence-electron chi connectivity index (χ2n) is 3.85. The van der Waals surface area contributed by atoms with E-state index in [1.807, 2.05) is 23.9 Å². The zero-order chi connectivity index (χ0) is 11.3. The summed E-state index contributed by atoms with van der Waals surface area (Å²) in [6.07, 6.45) is 1.26. The molecule has 0 spiro atoms. The number of thioether (sulfide) groups is 1. The van der Waals surface area contributed by atoms with Crippen LogP contribution in [0.25, 0.3) is 0 Å². The predicted molar refractivity (Wildman–Crippen MR) is 74.2 cm³/mol. The van der Waals surface area contributed by atoms with Gasteiger partial charge in [-0.1, -0.05) is 32.4 Å². The van der Waals surface area contributed by atoms with Gasteiger partial charge in [-0.2, -0.15) is 11.8 Å². The minimum Gasteiger partial charge on any atom is -0.398 e. The number of halogens is 1. The highest BCUT2D eigenvalue weighted by Gasteiger charge is 2.04. The number of rotatable bonds is 5. The fourth-order valence-corrected chi connectivity index (χ4v) is 3.01. The molecule has 0 aliphatic rings. The standard InChI is InChI=1S/C12H18BrNS/c1-3-9(2)7-15-8-10-5-4-6-11(14)12(10)13/h4-6,9H,3,7-8,14H2,1-2H3. The van der Waals surface area contributed by atoms with Crippen LogP contribution >= 0.6 is 27.7 Å². The van der Waals surface area contributed by atoms with E-state index in [9.17, 15) is 0 Å². The molecule has 3 heteroatoms. The molecule has 0 bridgehead atoms. The van der Waals surface area contributed by atoms with Crippen molar-refractivity contribution in [2.45, 2.75) is 26.0 Å². The van der Waals surface area contributed by atoms with E-state index >= 15 is 0 Å². The summed E-state index contributed by atoms with van der Waals surface area (Å²) in [5, 5.41) is 0. The number of hydrogen-bond donors (Lipinski definition) is 1. The van der Waals surface area contributed by atoms with E-state index in [-0.39, 0.29) is 0 Å². The van der Waals surface area contributed by atoms with Crippen molar-refractivity contribution in [3.8, 4) is 0 Å². The molecule has 0 amide bonds. The zero-order valence-electron chi connectivity index (χ0n) is 9.29. The topological polar surface area (TPSA) is 26.0 Å². The van der Waals surface area contributed by atoms with Gasteiger partial charge in [0.05, 0.1) is 0 Å². The Kier molecular flexibility index (Phi) is 5.54. The van der Waals surface area contributed by atoms with E-state index in [2.05, 4.69) is 35.8 Å². The van der Waals surface area contributed by atoms with Crippen molar-refractivity contribution in [2.24, 2.45) is 5.92 Å². The summed E-state index contributed by atoms with van der Waals surface area (Å²) in [4.78, 5) is 0. The molecule has 84 valence electrons. The Bertz CT molecular complexity index is 314. The Morgan fingerprint density at radius 1 is 1.47 bits per heavy atom. The smallest absolute Gasteiger partial charge is 0.0461 e. The van der Waals surface area contributed by atoms with E-state index in [1.54, 1.807) is 0 Å². The first-order valence-corrected chi connectivity index (χ1v) is 7.20. The number of benzene rings is 1. The molecular formula is C12H18BrNS. The van der Waals surface area contributed by atoms with Gasteiger partial charge in [-0.05, 0) is 39.2 Å². The zero-order valence-corrected chi connectivity index (χ0v) is 11.7. The highest BCUT2D eigenvalue weighted by Crippen LogP contribution is 2.27. The van der Waals surface area contributed by atoms with E-state index in [4.69, 9.17) is 5.73 Å². The fraction of sp³-hybridized carbons (Fsp3) is 0.500. The van der Waals surface area contributed by atoms with Crippen molar-refractivity contribution in [1.29, 1.82) is 0 Å². The number of nitrogens with two attached hydrogens (primary N) is 1. The number of hydrogen-bond acceptors (Lipinski definition) is 2. The van der Waals surface area contributed by atoms with Gasteiger partial charge in [0, 0.05) is 15.9 Å². The Balaban J connectivity index is 2.47. The first-order chi connectivity index (χ1) is 7.15. The van der Waals surface area contributed by atoms with Crippen LogP contribution in [0.2, 0.25) is 0 Å². The second-order valence-corrected chi connectivity index (χ2v) is 5.67. The minimum atomic E-state index is 0.801. The van der Waals surface area contributed by atoms with Crippen molar-refractivity contribution in [2.75, 3.05) is 11.5 Å². The van der Waals surface area contributed by atoms with E-state index in [0.29, 0.717) is 0 Å². The molecule has 0 fully saturated rings. The van der Waals surface area contributed by atoms with Crippen LogP contribution in [-0.2, 0) is 5.75 Å². The van der Waals surface area contributed by atoms with Crippen LogP contribution in [-0.4, -0.2) is 5.75 Å². The molecule has 0 aromatic heterocycles. The van der Waals surface area contributed by atoms with Crippen molar-refractivity contribution >= 4 is 33.4 Å². The largest absolute Gasteiger partial charge is 0.398 e. The summed E-state index contributed by atoms with van der Waals surface area (Å²) in [6, 6.07) is 6.07. The van der Waals surface area contributed by atoms with Gasteiger partial charge in [0.1, 0.15) is 0 Å². The van der Waals surface area contributed by atoms with Crippen LogP contribution < -0.4 is 5.73 Å².